The van der Waals surface area contributed by atoms with Crippen LogP contribution in [0.1, 0.15) is 11.1 Å². The highest BCUT2D eigenvalue weighted by Gasteiger charge is 2.03. The number of benzene rings is 3. The van der Waals surface area contributed by atoms with E-state index in [1.165, 1.54) is 6.08 Å². The Hall–Kier alpha value is -3.49. The van der Waals surface area contributed by atoms with Gasteiger partial charge in [0.25, 0.3) is 0 Å². The molecule has 0 spiro atoms. The predicted octanol–water partition coefficient (Wildman–Crippen LogP) is 4.24. The lowest BCUT2D eigenvalue weighted by atomic mass is 10.0. The van der Waals surface area contributed by atoms with Gasteiger partial charge in [0, 0.05) is 11.8 Å². The molecule has 0 bridgehead atoms. The molecule has 0 aliphatic carbocycles. The zero-order chi connectivity index (χ0) is 18.4. The molecule has 3 aromatic rings. The van der Waals surface area contributed by atoms with Gasteiger partial charge in [-0.05, 0) is 52.8 Å². The van der Waals surface area contributed by atoms with Crippen molar-refractivity contribution in [3.8, 4) is 6.07 Å². The van der Waals surface area contributed by atoms with Crippen molar-refractivity contribution < 1.29 is 4.79 Å². The van der Waals surface area contributed by atoms with Gasteiger partial charge in [-0.2, -0.15) is 5.26 Å². The Bertz CT molecular complexity index is 1050. The first kappa shape index (κ1) is 17.3. The van der Waals surface area contributed by atoms with Crippen LogP contribution in [-0.4, -0.2) is 11.0 Å². The summed E-state index contributed by atoms with van der Waals surface area (Å²) in [5.74, 6) is -0.327. The van der Waals surface area contributed by atoms with E-state index in [0.717, 1.165) is 16.3 Å². The van der Waals surface area contributed by atoms with Crippen molar-refractivity contribution in [3.05, 3.63) is 83.9 Å². The fraction of sp³-hybridized carbons (Fsp3) is 0. The van der Waals surface area contributed by atoms with Crippen LogP contribution in [0, 0.1) is 11.3 Å². The minimum atomic E-state index is -0.327. The molecule has 0 aromatic heterocycles. The maximum absolute atomic E-state index is 12.1. The van der Waals surface area contributed by atoms with Gasteiger partial charge in [0.2, 0.25) is 5.91 Å². The summed E-state index contributed by atoms with van der Waals surface area (Å²) in [6, 6.07) is 22.8. The highest BCUT2D eigenvalue weighted by atomic mass is 32.1. The van der Waals surface area contributed by atoms with Crippen molar-refractivity contribution in [1.82, 2.24) is 5.32 Å². The largest absolute Gasteiger partial charge is 0.332 e. The number of carbonyl (C=O) groups excluding carboxylic acids is 1. The van der Waals surface area contributed by atoms with E-state index in [-0.39, 0.29) is 11.0 Å². The van der Waals surface area contributed by atoms with E-state index in [2.05, 4.69) is 16.7 Å². The van der Waals surface area contributed by atoms with E-state index in [1.807, 2.05) is 42.5 Å². The molecule has 1 amide bonds. The summed E-state index contributed by atoms with van der Waals surface area (Å²) < 4.78 is 0. The van der Waals surface area contributed by atoms with E-state index in [9.17, 15) is 4.79 Å². The van der Waals surface area contributed by atoms with Crippen molar-refractivity contribution in [2.24, 2.45) is 0 Å². The molecule has 0 aliphatic rings. The number of anilines is 1. The van der Waals surface area contributed by atoms with Crippen molar-refractivity contribution in [1.29, 1.82) is 5.26 Å². The first-order valence-electron chi connectivity index (χ1n) is 7.94. The fourth-order valence-electron chi connectivity index (χ4n) is 2.54. The predicted molar refractivity (Wildman–Crippen MR) is 109 cm³/mol. The van der Waals surface area contributed by atoms with E-state index >= 15 is 0 Å². The van der Waals surface area contributed by atoms with E-state index in [4.69, 9.17) is 17.5 Å². The maximum Gasteiger partial charge on any atom is 0.250 e. The van der Waals surface area contributed by atoms with Gasteiger partial charge in [0.05, 0.1) is 11.6 Å². The molecule has 0 heterocycles. The summed E-state index contributed by atoms with van der Waals surface area (Å²) in [6.07, 6.45) is 3.21. The average Bonchev–Trinajstić information content (AvgIpc) is 2.66. The van der Waals surface area contributed by atoms with Crippen molar-refractivity contribution >= 4 is 45.8 Å². The smallest absolute Gasteiger partial charge is 0.250 e. The van der Waals surface area contributed by atoms with Crippen LogP contribution in [0.25, 0.3) is 16.8 Å². The highest BCUT2D eigenvalue weighted by Crippen LogP contribution is 2.19. The monoisotopic (exact) mass is 357 g/mol. The third-order valence-corrected chi connectivity index (χ3v) is 3.93. The van der Waals surface area contributed by atoms with Crippen molar-refractivity contribution in [2.45, 2.75) is 0 Å². The molecule has 0 saturated carbocycles. The molecule has 26 heavy (non-hydrogen) atoms. The number of fused-ring (bicyclic) bond motifs is 1. The number of amides is 1. The lowest BCUT2D eigenvalue weighted by Gasteiger charge is -2.08. The Kier molecular flexibility index (Phi) is 5.37. The highest BCUT2D eigenvalue weighted by molar-refractivity contribution is 7.80. The molecule has 126 valence electrons. The Morgan fingerprint density at radius 1 is 1.04 bits per heavy atom. The first-order valence-corrected chi connectivity index (χ1v) is 8.34. The number of hydrogen-bond donors (Lipinski definition) is 2. The number of nitriles is 1. The van der Waals surface area contributed by atoms with Gasteiger partial charge < -0.3 is 5.32 Å². The summed E-state index contributed by atoms with van der Waals surface area (Å²) in [4.78, 5) is 12.1. The van der Waals surface area contributed by atoms with Crippen LogP contribution in [0.5, 0.6) is 0 Å². The number of nitrogens with one attached hydrogen (secondary N) is 2. The Morgan fingerprint density at radius 2 is 1.81 bits per heavy atom. The summed E-state index contributed by atoms with van der Waals surface area (Å²) in [7, 11) is 0. The second-order valence-corrected chi connectivity index (χ2v) is 5.95. The van der Waals surface area contributed by atoms with E-state index < -0.39 is 0 Å². The van der Waals surface area contributed by atoms with Crippen LogP contribution < -0.4 is 10.6 Å². The van der Waals surface area contributed by atoms with Crippen LogP contribution in [0.15, 0.2) is 72.8 Å². The van der Waals surface area contributed by atoms with Gasteiger partial charge in [-0.25, -0.2) is 0 Å². The number of carbonyl (C=O) groups is 1. The zero-order valence-corrected chi connectivity index (χ0v) is 14.6. The van der Waals surface area contributed by atoms with Crippen LogP contribution in [0.4, 0.5) is 5.69 Å². The Labute approximate surface area is 156 Å². The average molecular weight is 357 g/mol. The summed E-state index contributed by atoms with van der Waals surface area (Å²) in [6.45, 7) is 0. The molecule has 0 saturated heterocycles. The van der Waals surface area contributed by atoms with Crippen LogP contribution in [-0.2, 0) is 4.79 Å². The van der Waals surface area contributed by atoms with Crippen molar-refractivity contribution in [2.75, 3.05) is 5.32 Å². The molecule has 2 N–H and O–H groups in total. The minimum absolute atomic E-state index is 0.174. The molecule has 0 radical (unpaired) electrons. The van der Waals surface area contributed by atoms with Gasteiger partial charge in [-0.3, -0.25) is 10.1 Å². The molecule has 3 aromatic carbocycles. The SMILES string of the molecule is N#Cc1cccc(NC(=S)NC(=O)/C=C/c2cccc3ccccc23)c1. The van der Waals surface area contributed by atoms with Gasteiger partial charge in [-0.15, -0.1) is 0 Å². The number of thiocarbonyl (C=S) groups is 1. The third kappa shape index (κ3) is 4.32. The second-order valence-electron chi connectivity index (χ2n) is 5.54. The van der Waals surface area contributed by atoms with Crippen molar-refractivity contribution in [3.63, 3.8) is 0 Å². The number of rotatable bonds is 3. The lowest BCUT2D eigenvalue weighted by molar-refractivity contribution is -0.115. The second kappa shape index (κ2) is 8.06. The fourth-order valence-corrected chi connectivity index (χ4v) is 2.76. The summed E-state index contributed by atoms with van der Waals surface area (Å²) in [5, 5.41) is 16.8. The van der Waals surface area contributed by atoms with Crippen LogP contribution in [0.3, 0.4) is 0 Å². The van der Waals surface area contributed by atoms with Crippen LogP contribution in [0.2, 0.25) is 0 Å². The molecule has 0 unspecified atom stereocenters. The van der Waals surface area contributed by atoms with Gasteiger partial charge in [0.1, 0.15) is 0 Å². The molecular weight excluding hydrogens is 342 g/mol. The maximum atomic E-state index is 12.1. The summed E-state index contributed by atoms with van der Waals surface area (Å²) in [5.41, 5.74) is 2.12. The zero-order valence-electron chi connectivity index (χ0n) is 13.8. The topological polar surface area (TPSA) is 64.9 Å². The summed E-state index contributed by atoms with van der Waals surface area (Å²) >= 11 is 5.14. The van der Waals surface area contributed by atoms with E-state index in [1.54, 1.807) is 30.3 Å². The normalized spacial score (nSPS) is 10.4. The van der Waals surface area contributed by atoms with Gasteiger partial charge >= 0.3 is 0 Å². The molecule has 0 aliphatic heterocycles. The molecule has 0 atom stereocenters. The lowest BCUT2D eigenvalue weighted by Crippen LogP contribution is -2.32. The number of nitrogens with zero attached hydrogens (tertiary/aromatic N) is 1. The Morgan fingerprint density at radius 3 is 2.65 bits per heavy atom. The van der Waals surface area contributed by atoms with Crippen LogP contribution >= 0.6 is 12.2 Å². The Balaban J connectivity index is 1.65. The molecule has 4 nitrogen and oxygen atoms in total. The molecule has 3 rings (SSSR count). The minimum Gasteiger partial charge on any atom is -0.332 e. The van der Waals surface area contributed by atoms with Gasteiger partial charge in [0.15, 0.2) is 5.11 Å². The van der Waals surface area contributed by atoms with E-state index in [0.29, 0.717) is 11.3 Å². The molecule has 5 heteroatoms. The number of hydrogen-bond acceptors (Lipinski definition) is 3. The quantitative estimate of drug-likeness (QED) is 0.544. The van der Waals surface area contributed by atoms with Gasteiger partial charge in [-0.1, -0.05) is 48.5 Å². The first-order chi connectivity index (χ1) is 12.7. The molecule has 0 fully saturated rings. The standard InChI is InChI=1S/C21H15N3OS/c22-14-15-5-3-9-18(13-15)23-21(26)24-20(25)12-11-17-8-4-7-16-6-1-2-10-19(16)17/h1-13H,(H2,23,24,25,26)/b12-11+. The molecular formula is C21H15N3OS. The third-order valence-electron chi connectivity index (χ3n) is 3.72.